The van der Waals surface area contributed by atoms with Gasteiger partial charge < -0.3 is 5.32 Å². The van der Waals surface area contributed by atoms with Gasteiger partial charge in [0.25, 0.3) is 5.91 Å². The van der Waals surface area contributed by atoms with Gasteiger partial charge in [-0.3, -0.25) is 4.79 Å². The number of aromatic nitrogens is 3. The van der Waals surface area contributed by atoms with Gasteiger partial charge in [0, 0.05) is 18.3 Å². The fourth-order valence-corrected chi connectivity index (χ4v) is 1.52. The Morgan fingerprint density at radius 2 is 2.17 bits per heavy atom. The van der Waals surface area contributed by atoms with Crippen molar-refractivity contribution in [2.75, 3.05) is 5.32 Å². The molecule has 0 aliphatic carbocycles. The summed E-state index contributed by atoms with van der Waals surface area (Å²) in [6.07, 6.45) is 2.80. The lowest BCUT2D eigenvalue weighted by atomic mass is 10.2. The van der Waals surface area contributed by atoms with E-state index in [0.717, 1.165) is 6.07 Å². The maximum Gasteiger partial charge on any atom is 0.258 e. The number of halogens is 1. The third kappa shape index (κ3) is 2.53. The van der Waals surface area contributed by atoms with Crippen molar-refractivity contribution in [3.8, 4) is 0 Å². The summed E-state index contributed by atoms with van der Waals surface area (Å²) in [5.74, 6) is -0.358. The van der Waals surface area contributed by atoms with Crippen LogP contribution in [0.4, 0.5) is 10.2 Å². The van der Waals surface area contributed by atoms with E-state index in [2.05, 4.69) is 15.4 Å². The lowest BCUT2D eigenvalue weighted by Gasteiger charge is -2.11. The van der Waals surface area contributed by atoms with Crippen LogP contribution in [-0.2, 0) is 0 Å². The molecule has 0 aliphatic rings. The molecule has 0 spiro atoms. The monoisotopic (exact) mass is 248 g/mol. The summed E-state index contributed by atoms with van der Waals surface area (Å²) in [5.41, 5.74) is 0.299. The van der Waals surface area contributed by atoms with E-state index in [1.54, 1.807) is 16.9 Å². The van der Waals surface area contributed by atoms with Gasteiger partial charge in [0.05, 0.1) is 11.8 Å². The average molecular weight is 248 g/mol. The highest BCUT2D eigenvalue weighted by Gasteiger charge is 2.11. The quantitative estimate of drug-likeness (QED) is 0.847. The molecule has 0 radical (unpaired) electrons. The molecule has 2 heterocycles. The van der Waals surface area contributed by atoms with Crippen molar-refractivity contribution in [3.05, 3.63) is 42.1 Å². The van der Waals surface area contributed by atoms with Crippen LogP contribution in [0.1, 0.15) is 30.2 Å². The standard InChI is InChI=1S/C12H13FN4O/c1-8(2)17-11(5-6-15-17)16-12(18)9-3-4-10(13)14-7-9/h3-8H,1-2H3,(H,16,18). The molecule has 0 aliphatic heterocycles. The smallest absolute Gasteiger partial charge is 0.258 e. The van der Waals surface area contributed by atoms with Crippen LogP contribution in [0.15, 0.2) is 30.6 Å². The minimum absolute atomic E-state index is 0.140. The van der Waals surface area contributed by atoms with E-state index in [0.29, 0.717) is 11.4 Å². The van der Waals surface area contributed by atoms with Crippen LogP contribution in [0.5, 0.6) is 0 Å². The number of anilines is 1. The van der Waals surface area contributed by atoms with Crippen molar-refractivity contribution in [1.82, 2.24) is 14.8 Å². The van der Waals surface area contributed by atoms with E-state index < -0.39 is 5.95 Å². The highest BCUT2D eigenvalue weighted by atomic mass is 19.1. The van der Waals surface area contributed by atoms with Crippen LogP contribution in [-0.4, -0.2) is 20.7 Å². The van der Waals surface area contributed by atoms with Crippen LogP contribution in [0.2, 0.25) is 0 Å². The second kappa shape index (κ2) is 4.95. The topological polar surface area (TPSA) is 59.8 Å². The van der Waals surface area contributed by atoms with E-state index in [9.17, 15) is 9.18 Å². The Labute approximate surface area is 104 Å². The van der Waals surface area contributed by atoms with Gasteiger partial charge in [-0.2, -0.15) is 9.49 Å². The molecular formula is C12H13FN4O. The first-order valence-corrected chi connectivity index (χ1v) is 5.54. The lowest BCUT2D eigenvalue weighted by Crippen LogP contribution is -2.17. The van der Waals surface area contributed by atoms with Gasteiger partial charge in [0.1, 0.15) is 5.82 Å². The highest BCUT2D eigenvalue weighted by Crippen LogP contribution is 2.14. The summed E-state index contributed by atoms with van der Waals surface area (Å²) in [4.78, 5) is 15.3. The Morgan fingerprint density at radius 3 is 2.78 bits per heavy atom. The maximum atomic E-state index is 12.6. The molecule has 0 saturated heterocycles. The van der Waals surface area contributed by atoms with E-state index in [4.69, 9.17) is 0 Å². The van der Waals surface area contributed by atoms with Crippen LogP contribution < -0.4 is 5.32 Å². The minimum Gasteiger partial charge on any atom is -0.307 e. The lowest BCUT2D eigenvalue weighted by molar-refractivity contribution is 0.102. The van der Waals surface area contributed by atoms with E-state index in [-0.39, 0.29) is 11.9 Å². The summed E-state index contributed by atoms with van der Waals surface area (Å²) >= 11 is 0. The molecule has 0 atom stereocenters. The number of amides is 1. The zero-order valence-electron chi connectivity index (χ0n) is 10.1. The number of pyridine rings is 1. The number of carbonyl (C=O) groups excluding carboxylic acids is 1. The number of hydrogen-bond acceptors (Lipinski definition) is 3. The number of carbonyl (C=O) groups is 1. The Bertz CT molecular complexity index is 547. The molecule has 6 heteroatoms. The second-order valence-corrected chi connectivity index (χ2v) is 4.08. The van der Waals surface area contributed by atoms with Crippen molar-refractivity contribution in [2.24, 2.45) is 0 Å². The normalized spacial score (nSPS) is 10.7. The molecule has 2 rings (SSSR count). The van der Waals surface area contributed by atoms with Gasteiger partial charge in [-0.1, -0.05) is 0 Å². The van der Waals surface area contributed by atoms with E-state index >= 15 is 0 Å². The summed E-state index contributed by atoms with van der Waals surface area (Å²) in [6, 6.07) is 4.37. The molecular weight excluding hydrogens is 235 g/mol. The third-order valence-corrected chi connectivity index (χ3v) is 2.39. The first kappa shape index (κ1) is 12.2. The second-order valence-electron chi connectivity index (χ2n) is 4.08. The summed E-state index contributed by atoms with van der Waals surface area (Å²) in [7, 11) is 0. The van der Waals surface area contributed by atoms with E-state index in [1.165, 1.54) is 12.3 Å². The Morgan fingerprint density at radius 1 is 1.39 bits per heavy atom. The largest absolute Gasteiger partial charge is 0.307 e. The molecule has 0 fully saturated rings. The van der Waals surface area contributed by atoms with Gasteiger partial charge >= 0.3 is 0 Å². The molecule has 2 aromatic heterocycles. The van der Waals surface area contributed by atoms with Crippen LogP contribution in [0.25, 0.3) is 0 Å². The molecule has 94 valence electrons. The Kier molecular flexibility index (Phi) is 3.36. The summed E-state index contributed by atoms with van der Waals surface area (Å²) < 4.78 is 14.3. The average Bonchev–Trinajstić information content (AvgIpc) is 2.78. The molecule has 0 bridgehead atoms. The van der Waals surface area contributed by atoms with Gasteiger partial charge in [0.2, 0.25) is 5.95 Å². The van der Waals surface area contributed by atoms with Gasteiger partial charge in [0.15, 0.2) is 0 Å². The van der Waals surface area contributed by atoms with Gasteiger partial charge in [-0.15, -0.1) is 0 Å². The first-order chi connectivity index (χ1) is 8.58. The third-order valence-electron chi connectivity index (χ3n) is 2.39. The highest BCUT2D eigenvalue weighted by molar-refractivity contribution is 6.03. The number of hydrogen-bond donors (Lipinski definition) is 1. The van der Waals surface area contributed by atoms with E-state index in [1.807, 2.05) is 13.8 Å². The van der Waals surface area contributed by atoms with Crippen molar-refractivity contribution < 1.29 is 9.18 Å². The summed E-state index contributed by atoms with van der Waals surface area (Å²) in [6.45, 7) is 3.92. The predicted molar refractivity (Wildman–Crippen MR) is 64.8 cm³/mol. The SMILES string of the molecule is CC(C)n1nccc1NC(=O)c1ccc(F)nc1. The van der Waals surface area contributed by atoms with Gasteiger partial charge in [-0.05, 0) is 26.0 Å². The Hall–Kier alpha value is -2.24. The molecule has 0 unspecified atom stereocenters. The fraction of sp³-hybridized carbons (Fsp3) is 0.250. The molecule has 18 heavy (non-hydrogen) atoms. The zero-order chi connectivity index (χ0) is 13.1. The molecule has 1 N–H and O–H groups in total. The molecule has 0 saturated carbocycles. The summed E-state index contributed by atoms with van der Waals surface area (Å²) in [5, 5.41) is 6.81. The number of rotatable bonds is 3. The predicted octanol–water partition coefficient (Wildman–Crippen LogP) is 2.25. The minimum atomic E-state index is -0.612. The van der Waals surface area contributed by atoms with Gasteiger partial charge in [-0.25, -0.2) is 9.67 Å². The zero-order valence-corrected chi connectivity index (χ0v) is 10.1. The first-order valence-electron chi connectivity index (χ1n) is 5.54. The molecule has 0 aromatic carbocycles. The van der Waals surface area contributed by atoms with Crippen LogP contribution >= 0.6 is 0 Å². The maximum absolute atomic E-state index is 12.6. The van der Waals surface area contributed by atoms with Crippen LogP contribution in [0, 0.1) is 5.95 Å². The van der Waals surface area contributed by atoms with Crippen molar-refractivity contribution in [2.45, 2.75) is 19.9 Å². The van der Waals surface area contributed by atoms with Crippen LogP contribution in [0.3, 0.4) is 0 Å². The van der Waals surface area contributed by atoms with Crippen molar-refractivity contribution in [1.29, 1.82) is 0 Å². The Balaban J connectivity index is 2.16. The van der Waals surface area contributed by atoms with Crippen molar-refractivity contribution >= 4 is 11.7 Å². The van der Waals surface area contributed by atoms with Crippen molar-refractivity contribution in [3.63, 3.8) is 0 Å². The number of nitrogens with zero attached hydrogens (tertiary/aromatic N) is 3. The molecule has 5 nitrogen and oxygen atoms in total. The fourth-order valence-electron chi connectivity index (χ4n) is 1.52. The molecule has 1 amide bonds. The number of nitrogens with one attached hydrogen (secondary N) is 1. The molecule has 2 aromatic rings.